The number of benzene rings is 1. The molecule has 0 saturated carbocycles. The maximum atomic E-state index is 11.9. The van der Waals surface area contributed by atoms with Crippen LogP contribution in [0.2, 0.25) is 0 Å². The van der Waals surface area contributed by atoms with Crippen LogP contribution >= 0.6 is 0 Å². The van der Waals surface area contributed by atoms with Gasteiger partial charge in [-0.15, -0.1) is 0 Å². The van der Waals surface area contributed by atoms with E-state index in [1.165, 1.54) is 12.1 Å². The van der Waals surface area contributed by atoms with Crippen LogP contribution in [0.15, 0.2) is 36.5 Å². The lowest BCUT2D eigenvalue weighted by Gasteiger charge is -2.08. The molecule has 0 spiro atoms. The topological polar surface area (TPSA) is 91.6 Å². The molecular weight excluding hydrogens is 248 g/mol. The van der Waals surface area contributed by atoms with Crippen molar-refractivity contribution in [3.8, 4) is 5.75 Å². The number of amides is 1. The minimum Gasteiger partial charge on any atom is -0.506 e. The number of nitrogens with zero attached hydrogens (tertiary/aromatic N) is 1. The van der Waals surface area contributed by atoms with Crippen LogP contribution in [-0.4, -0.2) is 26.7 Å². The van der Waals surface area contributed by atoms with E-state index >= 15 is 0 Å². The van der Waals surface area contributed by atoms with Crippen LogP contribution < -0.4 is 5.32 Å². The molecule has 0 aliphatic carbocycles. The van der Waals surface area contributed by atoms with Crippen LogP contribution in [-0.2, 0) is 7.05 Å². The highest BCUT2D eigenvalue weighted by Gasteiger charge is 2.13. The Morgan fingerprint density at radius 2 is 2.00 bits per heavy atom. The summed E-state index contributed by atoms with van der Waals surface area (Å²) in [7, 11) is 1.72. The number of phenols is 1. The molecule has 0 fully saturated rings. The zero-order chi connectivity index (χ0) is 14.0. The number of rotatable bonds is 3. The molecule has 3 N–H and O–H groups in total. The zero-order valence-electron chi connectivity index (χ0n) is 10.1. The summed E-state index contributed by atoms with van der Waals surface area (Å²) in [5.74, 6) is -1.82. The Labute approximate surface area is 108 Å². The molecule has 1 heterocycles. The number of phenolic OH excluding ortho intramolecular Hbond substituents is 1. The highest BCUT2D eigenvalue weighted by molar-refractivity contribution is 6.04. The van der Waals surface area contributed by atoms with Crippen LogP contribution in [0.5, 0.6) is 5.75 Å². The van der Waals surface area contributed by atoms with E-state index in [2.05, 4.69) is 5.32 Å². The van der Waals surface area contributed by atoms with Gasteiger partial charge in [-0.2, -0.15) is 0 Å². The fraction of sp³-hybridized carbons (Fsp3) is 0.0769. The predicted molar refractivity (Wildman–Crippen MR) is 68.4 cm³/mol. The number of aromatic nitrogens is 1. The fourth-order valence-electron chi connectivity index (χ4n) is 1.65. The molecule has 2 aromatic rings. The third kappa shape index (κ3) is 2.57. The Kier molecular flexibility index (Phi) is 3.24. The molecule has 0 unspecified atom stereocenters. The number of hydrogen-bond donors (Lipinski definition) is 3. The van der Waals surface area contributed by atoms with Crippen molar-refractivity contribution >= 4 is 17.6 Å². The summed E-state index contributed by atoms with van der Waals surface area (Å²) in [6, 6.07) is 7.10. The van der Waals surface area contributed by atoms with Gasteiger partial charge in [0.2, 0.25) is 0 Å². The number of carboxylic acid groups (broad SMARTS) is 1. The lowest BCUT2D eigenvalue weighted by Crippen LogP contribution is -2.15. The summed E-state index contributed by atoms with van der Waals surface area (Å²) in [6.45, 7) is 0. The van der Waals surface area contributed by atoms with Gasteiger partial charge in [0.05, 0.1) is 11.3 Å². The first-order chi connectivity index (χ1) is 8.99. The quantitative estimate of drug-likeness (QED) is 0.732. The van der Waals surface area contributed by atoms with Crippen molar-refractivity contribution in [2.75, 3.05) is 5.32 Å². The second-order valence-corrected chi connectivity index (χ2v) is 4.00. The summed E-state index contributed by atoms with van der Waals surface area (Å²) >= 11 is 0. The van der Waals surface area contributed by atoms with Crippen molar-refractivity contribution in [2.24, 2.45) is 7.05 Å². The third-order valence-corrected chi connectivity index (χ3v) is 2.67. The second kappa shape index (κ2) is 4.85. The SMILES string of the molecule is Cn1cccc1C(=O)Nc1ccc(C(=O)O)cc1O. The summed E-state index contributed by atoms with van der Waals surface area (Å²) in [4.78, 5) is 22.6. The molecule has 98 valence electrons. The maximum Gasteiger partial charge on any atom is 0.335 e. The smallest absolute Gasteiger partial charge is 0.335 e. The number of anilines is 1. The standard InChI is InChI=1S/C13H12N2O4/c1-15-6-2-3-10(15)12(17)14-9-5-4-8(13(18)19)7-11(9)16/h2-7,16H,1H3,(H,14,17)(H,18,19). The van der Waals surface area contributed by atoms with Crippen molar-refractivity contribution < 1.29 is 19.8 Å². The average molecular weight is 260 g/mol. The van der Waals surface area contributed by atoms with Gasteiger partial charge in [-0.05, 0) is 30.3 Å². The van der Waals surface area contributed by atoms with E-state index in [0.717, 1.165) is 6.07 Å². The zero-order valence-corrected chi connectivity index (χ0v) is 10.1. The Morgan fingerprint density at radius 3 is 2.53 bits per heavy atom. The summed E-state index contributed by atoms with van der Waals surface area (Å²) in [5, 5.41) is 21.0. The molecular formula is C13H12N2O4. The van der Waals surface area contributed by atoms with Gasteiger partial charge < -0.3 is 20.1 Å². The first-order valence-electron chi connectivity index (χ1n) is 5.48. The number of aromatic carboxylic acids is 1. The lowest BCUT2D eigenvalue weighted by molar-refractivity contribution is 0.0696. The van der Waals surface area contributed by atoms with Crippen molar-refractivity contribution in [3.05, 3.63) is 47.8 Å². The number of carbonyl (C=O) groups is 2. The Bertz CT molecular complexity index is 646. The molecule has 1 aromatic carbocycles. The van der Waals surface area contributed by atoms with E-state index < -0.39 is 5.97 Å². The average Bonchev–Trinajstić information content (AvgIpc) is 2.77. The molecule has 0 bridgehead atoms. The van der Waals surface area contributed by atoms with E-state index in [-0.39, 0.29) is 22.9 Å². The number of hydrogen-bond acceptors (Lipinski definition) is 3. The summed E-state index contributed by atoms with van der Waals surface area (Å²) < 4.78 is 1.64. The summed E-state index contributed by atoms with van der Waals surface area (Å²) in [5.41, 5.74) is 0.548. The molecule has 6 nitrogen and oxygen atoms in total. The van der Waals surface area contributed by atoms with Crippen molar-refractivity contribution in [2.45, 2.75) is 0 Å². The van der Waals surface area contributed by atoms with E-state index in [4.69, 9.17) is 5.11 Å². The monoisotopic (exact) mass is 260 g/mol. The molecule has 1 amide bonds. The largest absolute Gasteiger partial charge is 0.506 e. The molecule has 0 atom stereocenters. The first kappa shape index (κ1) is 12.7. The van der Waals surface area contributed by atoms with E-state index in [1.54, 1.807) is 29.9 Å². The molecule has 19 heavy (non-hydrogen) atoms. The Balaban J connectivity index is 2.23. The lowest BCUT2D eigenvalue weighted by atomic mass is 10.2. The fourth-order valence-corrected chi connectivity index (χ4v) is 1.65. The van der Waals surface area contributed by atoms with E-state index in [9.17, 15) is 14.7 Å². The highest BCUT2D eigenvalue weighted by atomic mass is 16.4. The Hall–Kier alpha value is -2.76. The molecule has 1 aromatic heterocycles. The number of carboxylic acids is 1. The molecule has 0 aliphatic heterocycles. The Morgan fingerprint density at radius 1 is 1.26 bits per heavy atom. The van der Waals surface area contributed by atoms with E-state index in [0.29, 0.717) is 5.69 Å². The van der Waals surface area contributed by atoms with Gasteiger partial charge in [-0.3, -0.25) is 4.79 Å². The molecule has 2 rings (SSSR count). The minimum atomic E-state index is -1.14. The van der Waals surface area contributed by atoms with Gasteiger partial charge in [-0.25, -0.2) is 4.79 Å². The number of aryl methyl sites for hydroxylation is 1. The van der Waals surface area contributed by atoms with Gasteiger partial charge in [0, 0.05) is 13.2 Å². The van der Waals surface area contributed by atoms with Gasteiger partial charge in [-0.1, -0.05) is 0 Å². The molecule has 0 radical (unpaired) electrons. The van der Waals surface area contributed by atoms with Crippen LogP contribution in [0.3, 0.4) is 0 Å². The normalized spacial score (nSPS) is 10.2. The third-order valence-electron chi connectivity index (χ3n) is 2.67. The summed E-state index contributed by atoms with van der Waals surface area (Å²) in [6.07, 6.45) is 1.72. The van der Waals surface area contributed by atoms with Crippen molar-refractivity contribution in [3.63, 3.8) is 0 Å². The van der Waals surface area contributed by atoms with Crippen LogP contribution in [0, 0.1) is 0 Å². The minimum absolute atomic E-state index is 0.0469. The predicted octanol–water partition coefficient (Wildman–Crippen LogP) is 1.68. The first-order valence-corrected chi connectivity index (χ1v) is 5.48. The van der Waals surface area contributed by atoms with E-state index in [1.807, 2.05) is 0 Å². The number of nitrogens with one attached hydrogen (secondary N) is 1. The molecule has 6 heteroatoms. The van der Waals surface area contributed by atoms with Crippen molar-refractivity contribution in [1.29, 1.82) is 0 Å². The van der Waals surface area contributed by atoms with Gasteiger partial charge in [0.1, 0.15) is 11.4 Å². The maximum absolute atomic E-state index is 11.9. The second-order valence-electron chi connectivity index (χ2n) is 4.00. The molecule has 0 saturated heterocycles. The highest BCUT2D eigenvalue weighted by Crippen LogP contribution is 2.24. The number of aromatic hydroxyl groups is 1. The van der Waals surface area contributed by atoms with Gasteiger partial charge in [0.15, 0.2) is 0 Å². The van der Waals surface area contributed by atoms with Crippen LogP contribution in [0.1, 0.15) is 20.8 Å². The van der Waals surface area contributed by atoms with Crippen molar-refractivity contribution in [1.82, 2.24) is 4.57 Å². The van der Waals surface area contributed by atoms with Crippen LogP contribution in [0.25, 0.3) is 0 Å². The molecule has 0 aliphatic rings. The van der Waals surface area contributed by atoms with Gasteiger partial charge in [0.25, 0.3) is 5.91 Å². The number of carbonyl (C=O) groups excluding carboxylic acids is 1. The van der Waals surface area contributed by atoms with Gasteiger partial charge >= 0.3 is 5.97 Å². The van der Waals surface area contributed by atoms with Crippen LogP contribution in [0.4, 0.5) is 5.69 Å².